The molecule has 1 fully saturated rings. The molecular weight excluding hydrogens is 356 g/mol. The van der Waals surface area contributed by atoms with Crippen LogP contribution in [0.1, 0.15) is 19.4 Å². The number of carbonyl (C=O) groups is 2. The minimum absolute atomic E-state index is 0.249. The SMILES string of the molecule is CC(C)[C@H](C(=O)[O-])N1C(=O)/C(=C/c2cn(C)c3ccccc23)SC1=S. The molecule has 25 heavy (non-hydrogen) atoms. The third-order valence-corrected chi connectivity index (χ3v) is 5.52. The Balaban J connectivity index is 2.01. The van der Waals surface area contributed by atoms with Gasteiger partial charge in [0.15, 0.2) is 0 Å². The van der Waals surface area contributed by atoms with E-state index < -0.39 is 12.0 Å². The number of hydrogen-bond donors (Lipinski definition) is 0. The lowest BCUT2D eigenvalue weighted by Gasteiger charge is -2.30. The molecule has 0 unspecified atom stereocenters. The van der Waals surface area contributed by atoms with Gasteiger partial charge in [-0.3, -0.25) is 9.69 Å². The number of amides is 1. The van der Waals surface area contributed by atoms with Crippen molar-refractivity contribution in [3.63, 3.8) is 0 Å². The molecule has 7 heteroatoms. The van der Waals surface area contributed by atoms with E-state index in [0.29, 0.717) is 4.91 Å². The Hall–Kier alpha value is -2.12. The molecule has 0 bridgehead atoms. The molecule has 0 saturated carbocycles. The van der Waals surface area contributed by atoms with E-state index in [1.807, 2.05) is 42.1 Å². The van der Waals surface area contributed by atoms with E-state index >= 15 is 0 Å². The fraction of sp³-hybridized carbons (Fsp3) is 0.278. The van der Waals surface area contributed by atoms with Crippen LogP contribution >= 0.6 is 24.0 Å². The summed E-state index contributed by atoms with van der Waals surface area (Å²) in [5.41, 5.74) is 1.95. The molecule has 5 nitrogen and oxygen atoms in total. The van der Waals surface area contributed by atoms with E-state index in [1.165, 1.54) is 0 Å². The van der Waals surface area contributed by atoms with Gasteiger partial charge in [-0.05, 0) is 18.1 Å². The van der Waals surface area contributed by atoms with Gasteiger partial charge in [-0.1, -0.05) is 56.0 Å². The smallest absolute Gasteiger partial charge is 0.266 e. The quantitative estimate of drug-likeness (QED) is 0.607. The first kappa shape index (κ1) is 17.7. The average Bonchev–Trinajstić information content (AvgIpc) is 3.00. The van der Waals surface area contributed by atoms with E-state index in [4.69, 9.17) is 12.2 Å². The summed E-state index contributed by atoms with van der Waals surface area (Å²) in [7, 11) is 1.94. The topological polar surface area (TPSA) is 65.4 Å². The number of carbonyl (C=O) groups excluding carboxylic acids is 2. The fourth-order valence-electron chi connectivity index (χ4n) is 3.02. The van der Waals surface area contributed by atoms with E-state index in [-0.39, 0.29) is 16.1 Å². The molecule has 1 aliphatic heterocycles. The van der Waals surface area contributed by atoms with Gasteiger partial charge in [0.25, 0.3) is 5.91 Å². The van der Waals surface area contributed by atoms with Crippen molar-refractivity contribution in [2.75, 3.05) is 0 Å². The molecule has 2 aromatic rings. The zero-order chi connectivity index (χ0) is 18.3. The third kappa shape index (κ3) is 3.09. The molecular formula is C18H17N2O3S2-. The van der Waals surface area contributed by atoms with Crippen molar-refractivity contribution in [1.29, 1.82) is 0 Å². The molecule has 3 rings (SSSR count). The summed E-state index contributed by atoms with van der Waals surface area (Å²) in [5.74, 6) is -1.98. The zero-order valence-electron chi connectivity index (χ0n) is 14.1. The molecule has 1 atom stereocenters. The summed E-state index contributed by atoms with van der Waals surface area (Å²) in [6, 6.07) is 6.82. The second-order valence-corrected chi connectivity index (χ2v) is 7.95. The van der Waals surface area contributed by atoms with E-state index in [0.717, 1.165) is 33.1 Å². The number of aliphatic carboxylic acids is 1. The van der Waals surface area contributed by atoms with E-state index in [1.54, 1.807) is 19.9 Å². The van der Waals surface area contributed by atoms with Gasteiger partial charge in [-0.15, -0.1) is 0 Å². The summed E-state index contributed by atoms with van der Waals surface area (Å²) >= 11 is 6.38. The van der Waals surface area contributed by atoms with Crippen LogP contribution in [0.2, 0.25) is 0 Å². The Morgan fingerprint density at radius 2 is 2.00 bits per heavy atom. The number of carboxylic acids is 1. The first-order valence-electron chi connectivity index (χ1n) is 7.83. The van der Waals surface area contributed by atoms with Gasteiger partial charge < -0.3 is 14.5 Å². The Morgan fingerprint density at radius 1 is 1.32 bits per heavy atom. The van der Waals surface area contributed by atoms with E-state index in [2.05, 4.69) is 0 Å². The molecule has 1 amide bonds. The van der Waals surface area contributed by atoms with Gasteiger partial charge >= 0.3 is 0 Å². The molecule has 130 valence electrons. The normalized spacial score (nSPS) is 17.9. The maximum Gasteiger partial charge on any atom is 0.266 e. The maximum atomic E-state index is 12.8. The molecule has 0 radical (unpaired) electrons. The van der Waals surface area contributed by atoms with Crippen LogP contribution in [0.5, 0.6) is 0 Å². The standard InChI is InChI=1S/C18H18N2O3S2/c1-10(2)15(17(22)23)20-16(21)14(25-18(20)24)8-11-9-19(3)13-7-5-4-6-12(11)13/h4-10,15H,1-3H3,(H,22,23)/p-1/b14-8-/t15-/m1/s1. The average molecular weight is 373 g/mol. The number of thioether (sulfide) groups is 1. The summed E-state index contributed by atoms with van der Waals surface area (Å²) in [5, 5.41) is 12.5. The first-order valence-corrected chi connectivity index (χ1v) is 9.05. The van der Waals surface area contributed by atoms with Crippen LogP contribution in [0.4, 0.5) is 0 Å². The number of aryl methyl sites for hydroxylation is 1. The Labute approximate surface area is 155 Å². The predicted octanol–water partition coefficient (Wildman–Crippen LogP) is 2.15. The Morgan fingerprint density at radius 3 is 2.64 bits per heavy atom. The number of rotatable bonds is 4. The van der Waals surface area contributed by atoms with Gasteiger partial charge in [-0.2, -0.15) is 0 Å². The molecule has 1 aromatic carbocycles. The molecule has 0 spiro atoms. The van der Waals surface area contributed by atoms with Crippen molar-refractivity contribution in [1.82, 2.24) is 9.47 Å². The van der Waals surface area contributed by atoms with Crippen LogP contribution in [0, 0.1) is 5.92 Å². The minimum atomic E-state index is -1.29. The van der Waals surface area contributed by atoms with Crippen molar-refractivity contribution in [2.24, 2.45) is 13.0 Å². The predicted molar refractivity (Wildman–Crippen MR) is 102 cm³/mol. The lowest BCUT2D eigenvalue weighted by Crippen LogP contribution is -2.52. The number of fused-ring (bicyclic) bond motifs is 1. The number of nitrogens with zero attached hydrogens (tertiary/aromatic N) is 2. The number of benzene rings is 1. The highest BCUT2D eigenvalue weighted by atomic mass is 32.2. The number of thiocarbonyl (C=S) groups is 1. The lowest BCUT2D eigenvalue weighted by atomic mass is 10.0. The highest BCUT2D eigenvalue weighted by Gasteiger charge is 2.39. The van der Waals surface area contributed by atoms with Crippen molar-refractivity contribution >= 4 is 57.2 Å². The Kier molecular flexibility index (Phi) is 4.71. The Bertz CT molecular complexity index is 914. The summed E-state index contributed by atoms with van der Waals surface area (Å²) in [6.07, 6.45) is 3.71. The summed E-state index contributed by atoms with van der Waals surface area (Å²) < 4.78 is 2.24. The number of aromatic nitrogens is 1. The monoisotopic (exact) mass is 373 g/mol. The zero-order valence-corrected chi connectivity index (χ0v) is 15.7. The highest BCUT2D eigenvalue weighted by Crippen LogP contribution is 2.36. The lowest BCUT2D eigenvalue weighted by molar-refractivity contribution is -0.311. The van der Waals surface area contributed by atoms with Crippen LogP contribution in [-0.4, -0.2) is 31.7 Å². The number of hydrogen-bond acceptors (Lipinski definition) is 5. The van der Waals surface area contributed by atoms with Gasteiger partial charge in [0.2, 0.25) is 0 Å². The van der Waals surface area contributed by atoms with E-state index in [9.17, 15) is 14.7 Å². The van der Waals surface area contributed by atoms with Crippen molar-refractivity contribution in [3.8, 4) is 0 Å². The van der Waals surface area contributed by atoms with Gasteiger partial charge in [-0.25, -0.2) is 0 Å². The molecule has 1 saturated heterocycles. The maximum absolute atomic E-state index is 12.8. The number of para-hydroxylation sites is 1. The van der Waals surface area contributed by atoms with Gasteiger partial charge in [0.05, 0.1) is 16.9 Å². The molecule has 1 aromatic heterocycles. The second-order valence-electron chi connectivity index (χ2n) is 6.27. The van der Waals surface area contributed by atoms with Crippen LogP contribution in [0.25, 0.3) is 17.0 Å². The second kappa shape index (κ2) is 6.65. The first-order chi connectivity index (χ1) is 11.8. The van der Waals surface area contributed by atoms with Crippen molar-refractivity contribution < 1.29 is 14.7 Å². The highest BCUT2D eigenvalue weighted by molar-refractivity contribution is 8.26. The molecule has 0 aliphatic carbocycles. The largest absolute Gasteiger partial charge is 0.548 e. The summed E-state index contributed by atoms with van der Waals surface area (Å²) in [6.45, 7) is 3.46. The van der Waals surface area contributed by atoms with Gasteiger partial charge in [0, 0.05) is 29.7 Å². The molecule has 0 N–H and O–H groups in total. The van der Waals surface area contributed by atoms with Crippen molar-refractivity contribution in [3.05, 3.63) is 40.9 Å². The van der Waals surface area contributed by atoms with Crippen molar-refractivity contribution in [2.45, 2.75) is 19.9 Å². The van der Waals surface area contributed by atoms with Gasteiger partial charge in [0.1, 0.15) is 4.32 Å². The fourth-order valence-corrected chi connectivity index (χ4v) is 4.34. The number of carboxylic acid groups (broad SMARTS) is 1. The summed E-state index contributed by atoms with van der Waals surface area (Å²) in [4.78, 5) is 25.8. The van der Waals surface area contributed by atoms with Crippen LogP contribution < -0.4 is 5.11 Å². The third-order valence-electron chi connectivity index (χ3n) is 4.19. The minimum Gasteiger partial charge on any atom is -0.548 e. The van der Waals surface area contributed by atoms with Crippen LogP contribution in [0.15, 0.2) is 35.4 Å². The molecule has 1 aliphatic rings. The van der Waals surface area contributed by atoms with Crippen LogP contribution in [0.3, 0.4) is 0 Å². The van der Waals surface area contributed by atoms with Crippen LogP contribution in [-0.2, 0) is 16.6 Å². The molecule has 2 heterocycles.